The van der Waals surface area contributed by atoms with E-state index < -0.39 is 18.0 Å². The fourth-order valence-corrected chi connectivity index (χ4v) is 1.89. The van der Waals surface area contributed by atoms with Crippen LogP contribution in [0.1, 0.15) is 6.92 Å². The number of nitrogens with one attached hydrogen (secondary N) is 2. The largest absolute Gasteiger partial charge is 0.397 e. The van der Waals surface area contributed by atoms with E-state index in [9.17, 15) is 9.59 Å². The normalized spacial score (nSPS) is 11.6. The molecule has 0 aliphatic rings. The van der Waals surface area contributed by atoms with Crippen molar-refractivity contribution in [2.24, 2.45) is 0 Å². The molecule has 0 saturated carbocycles. The first-order chi connectivity index (χ1) is 8.86. The van der Waals surface area contributed by atoms with Crippen molar-refractivity contribution >= 4 is 39.2 Å². The van der Waals surface area contributed by atoms with Crippen LogP contribution in [0.2, 0.25) is 0 Å². The van der Waals surface area contributed by atoms with Gasteiger partial charge in [-0.05, 0) is 25.1 Å². The van der Waals surface area contributed by atoms with E-state index >= 15 is 0 Å². The Morgan fingerprint density at radius 3 is 2.58 bits per heavy atom. The molecule has 0 aliphatic heterocycles. The average molecular weight is 329 g/mol. The van der Waals surface area contributed by atoms with Gasteiger partial charge in [-0.3, -0.25) is 10.1 Å². The molecule has 0 aliphatic carbocycles. The average Bonchev–Trinajstić information content (AvgIpc) is 2.36. The zero-order chi connectivity index (χ0) is 14.6. The van der Waals surface area contributed by atoms with Gasteiger partial charge < -0.3 is 16.0 Å². The van der Waals surface area contributed by atoms with Crippen molar-refractivity contribution in [3.63, 3.8) is 0 Å². The first-order valence-electron chi connectivity index (χ1n) is 5.67. The van der Waals surface area contributed by atoms with Crippen LogP contribution in [0.3, 0.4) is 0 Å². The molecule has 0 heterocycles. The van der Waals surface area contributed by atoms with Gasteiger partial charge >= 0.3 is 6.03 Å². The number of benzene rings is 1. The highest BCUT2D eigenvalue weighted by Gasteiger charge is 2.21. The number of nitrogens with two attached hydrogens (primary N) is 1. The Morgan fingerprint density at radius 1 is 1.42 bits per heavy atom. The fourth-order valence-electron chi connectivity index (χ4n) is 1.51. The van der Waals surface area contributed by atoms with Crippen molar-refractivity contribution in [1.82, 2.24) is 10.6 Å². The van der Waals surface area contributed by atoms with Crippen molar-refractivity contribution < 1.29 is 9.59 Å². The molecule has 4 N–H and O–H groups in total. The Hall–Kier alpha value is -1.76. The molecule has 1 aromatic rings. The maximum Gasteiger partial charge on any atom is 0.321 e. The third kappa shape index (κ3) is 3.85. The van der Waals surface area contributed by atoms with Crippen molar-refractivity contribution in [3.8, 4) is 0 Å². The molecule has 1 unspecified atom stereocenters. The Kier molecular flexibility index (Phi) is 5.17. The second-order valence-corrected chi connectivity index (χ2v) is 4.97. The first kappa shape index (κ1) is 15.3. The van der Waals surface area contributed by atoms with Crippen LogP contribution in [0.4, 0.5) is 16.2 Å². The van der Waals surface area contributed by atoms with Crippen molar-refractivity contribution in [1.29, 1.82) is 0 Å². The number of anilines is 2. The Balaban J connectivity index is 2.84. The lowest BCUT2D eigenvalue weighted by atomic mass is 10.2. The number of hydrogen-bond donors (Lipinski definition) is 3. The summed E-state index contributed by atoms with van der Waals surface area (Å²) in [5.74, 6) is -0.399. The molecule has 1 aromatic carbocycles. The van der Waals surface area contributed by atoms with Crippen LogP contribution in [0.15, 0.2) is 22.7 Å². The molecule has 7 heteroatoms. The van der Waals surface area contributed by atoms with Crippen molar-refractivity contribution in [3.05, 3.63) is 22.7 Å². The minimum atomic E-state index is -0.533. The van der Waals surface area contributed by atoms with Gasteiger partial charge in [0.2, 0.25) is 5.91 Å². The van der Waals surface area contributed by atoms with Crippen LogP contribution in [0.25, 0.3) is 0 Å². The lowest BCUT2D eigenvalue weighted by molar-refractivity contribution is -0.120. The number of carbonyl (C=O) groups excluding carboxylic acids is 2. The minimum Gasteiger partial charge on any atom is -0.397 e. The summed E-state index contributed by atoms with van der Waals surface area (Å²) >= 11 is 3.32. The fraction of sp³-hybridized carbons (Fsp3) is 0.333. The second-order valence-electron chi connectivity index (χ2n) is 4.06. The van der Waals surface area contributed by atoms with Gasteiger partial charge in [-0.2, -0.15) is 0 Å². The standard InChI is InChI=1S/C12H17BrN4O2/c1-7(11(18)16-12(19)15-2)17(3)10-5-4-8(13)6-9(10)14/h4-7H,14H2,1-3H3,(H2,15,16,18,19). The molecule has 6 nitrogen and oxygen atoms in total. The van der Waals surface area contributed by atoms with E-state index in [1.165, 1.54) is 7.05 Å². The molecule has 0 spiro atoms. The summed E-state index contributed by atoms with van der Waals surface area (Å²) in [4.78, 5) is 24.7. The van der Waals surface area contributed by atoms with Gasteiger partial charge in [-0.1, -0.05) is 15.9 Å². The van der Waals surface area contributed by atoms with Gasteiger partial charge in [0.1, 0.15) is 6.04 Å². The quantitative estimate of drug-likeness (QED) is 0.730. The first-order valence-corrected chi connectivity index (χ1v) is 6.46. The third-order valence-electron chi connectivity index (χ3n) is 2.79. The maximum atomic E-state index is 11.8. The number of rotatable bonds is 3. The van der Waals surface area contributed by atoms with Gasteiger partial charge in [0.25, 0.3) is 0 Å². The zero-order valence-electron chi connectivity index (χ0n) is 11.0. The van der Waals surface area contributed by atoms with Crippen LogP contribution in [-0.4, -0.2) is 32.1 Å². The number of nitrogens with zero attached hydrogens (tertiary/aromatic N) is 1. The van der Waals surface area contributed by atoms with E-state index in [4.69, 9.17) is 5.73 Å². The number of halogens is 1. The number of carbonyl (C=O) groups is 2. The van der Waals surface area contributed by atoms with E-state index in [1.54, 1.807) is 24.9 Å². The molecule has 0 aromatic heterocycles. The van der Waals surface area contributed by atoms with E-state index in [-0.39, 0.29) is 0 Å². The summed E-state index contributed by atoms with van der Waals surface area (Å²) in [6.07, 6.45) is 0. The summed E-state index contributed by atoms with van der Waals surface area (Å²) in [6, 6.07) is 4.35. The van der Waals surface area contributed by atoms with E-state index in [1.807, 2.05) is 12.1 Å². The summed E-state index contributed by atoms with van der Waals surface area (Å²) in [6.45, 7) is 1.69. The van der Waals surface area contributed by atoms with E-state index in [2.05, 4.69) is 26.6 Å². The lowest BCUT2D eigenvalue weighted by Crippen LogP contribution is -2.48. The smallest absolute Gasteiger partial charge is 0.321 e. The monoisotopic (exact) mass is 328 g/mol. The van der Waals surface area contributed by atoms with E-state index in [0.717, 1.165) is 10.2 Å². The number of hydrogen-bond acceptors (Lipinski definition) is 4. The van der Waals surface area contributed by atoms with Crippen LogP contribution >= 0.6 is 15.9 Å². The van der Waals surface area contributed by atoms with Crippen LogP contribution in [0, 0.1) is 0 Å². The zero-order valence-corrected chi connectivity index (χ0v) is 12.6. The Morgan fingerprint density at radius 2 is 2.05 bits per heavy atom. The molecule has 0 bridgehead atoms. The Labute approximate surface area is 120 Å². The minimum absolute atomic E-state index is 0.399. The SMILES string of the molecule is CNC(=O)NC(=O)C(C)N(C)c1ccc(Br)cc1N. The number of likely N-dealkylation sites (N-methyl/N-ethyl adjacent to an activating group) is 1. The van der Waals surface area contributed by atoms with Gasteiger partial charge in [-0.25, -0.2) is 4.79 Å². The third-order valence-corrected chi connectivity index (χ3v) is 3.29. The highest BCUT2D eigenvalue weighted by Crippen LogP contribution is 2.27. The van der Waals surface area contributed by atoms with E-state index in [0.29, 0.717) is 5.69 Å². The summed E-state index contributed by atoms with van der Waals surface area (Å²) < 4.78 is 0.865. The predicted octanol–water partition coefficient (Wildman–Crippen LogP) is 1.31. The van der Waals surface area contributed by atoms with Crippen molar-refractivity contribution in [2.45, 2.75) is 13.0 Å². The molecular formula is C12H17BrN4O2. The molecule has 19 heavy (non-hydrogen) atoms. The molecule has 1 rings (SSSR count). The molecular weight excluding hydrogens is 312 g/mol. The van der Waals surface area contributed by atoms with Gasteiger partial charge in [0.15, 0.2) is 0 Å². The number of nitrogen functional groups attached to an aromatic ring is 1. The number of imide groups is 1. The molecule has 0 radical (unpaired) electrons. The number of urea groups is 1. The lowest BCUT2D eigenvalue weighted by Gasteiger charge is -2.27. The topological polar surface area (TPSA) is 87.5 Å². The van der Waals surface area contributed by atoms with Crippen molar-refractivity contribution in [2.75, 3.05) is 24.7 Å². The molecule has 3 amide bonds. The van der Waals surface area contributed by atoms with Gasteiger partial charge in [-0.15, -0.1) is 0 Å². The highest BCUT2D eigenvalue weighted by atomic mass is 79.9. The van der Waals surface area contributed by atoms with Gasteiger partial charge in [0, 0.05) is 18.6 Å². The highest BCUT2D eigenvalue weighted by molar-refractivity contribution is 9.10. The summed E-state index contributed by atoms with van der Waals surface area (Å²) in [5.41, 5.74) is 7.18. The predicted molar refractivity (Wildman–Crippen MR) is 79.0 cm³/mol. The second kappa shape index (κ2) is 6.42. The van der Waals surface area contributed by atoms with Crippen LogP contribution in [-0.2, 0) is 4.79 Å². The molecule has 1 atom stereocenters. The van der Waals surface area contributed by atoms with Crippen LogP contribution < -0.4 is 21.3 Å². The maximum absolute atomic E-state index is 11.8. The molecule has 0 fully saturated rings. The molecule has 104 valence electrons. The summed E-state index contributed by atoms with van der Waals surface area (Å²) in [5, 5.41) is 4.56. The van der Waals surface area contributed by atoms with Gasteiger partial charge in [0.05, 0.1) is 11.4 Å². The van der Waals surface area contributed by atoms with Crippen LogP contribution in [0.5, 0.6) is 0 Å². The Bertz CT molecular complexity index is 493. The summed E-state index contributed by atoms with van der Waals surface area (Å²) in [7, 11) is 3.19. The number of amides is 3. The molecule has 0 saturated heterocycles.